The van der Waals surface area contributed by atoms with Gasteiger partial charge in [0.2, 0.25) is 10.0 Å². The molecule has 2 rings (SSSR count). The number of nitrogens with one attached hydrogen (secondary N) is 3. The lowest BCUT2D eigenvalue weighted by molar-refractivity contribution is -0.140. The van der Waals surface area contributed by atoms with Gasteiger partial charge < -0.3 is 15.1 Å². The molecular formula is C11H13N3O5S. The summed E-state index contributed by atoms with van der Waals surface area (Å²) < 4.78 is 26.2. The second-order valence-electron chi connectivity index (χ2n) is 4.38. The van der Waals surface area contributed by atoms with E-state index < -0.39 is 27.6 Å². The van der Waals surface area contributed by atoms with Gasteiger partial charge in [0.05, 0.1) is 21.8 Å². The second kappa shape index (κ2) is 5.10. The molecule has 0 aliphatic rings. The Morgan fingerprint density at radius 1 is 1.35 bits per heavy atom. The first-order chi connectivity index (χ1) is 9.29. The van der Waals surface area contributed by atoms with Gasteiger partial charge in [0.15, 0.2) is 0 Å². The summed E-state index contributed by atoms with van der Waals surface area (Å²) in [4.78, 5) is 26.7. The second-order valence-corrected chi connectivity index (χ2v) is 6.14. The highest BCUT2D eigenvalue weighted by molar-refractivity contribution is 7.89. The first kappa shape index (κ1) is 14.3. The molecule has 0 fully saturated rings. The number of carboxylic acids is 1. The Labute approximate surface area is 113 Å². The van der Waals surface area contributed by atoms with Gasteiger partial charge in [-0.15, -0.1) is 0 Å². The van der Waals surface area contributed by atoms with E-state index in [1.165, 1.54) is 25.1 Å². The summed E-state index contributed by atoms with van der Waals surface area (Å²) in [5, 5.41) is 8.71. The van der Waals surface area contributed by atoms with Crippen molar-refractivity contribution >= 4 is 27.0 Å². The molecule has 0 aliphatic heterocycles. The van der Waals surface area contributed by atoms with E-state index in [9.17, 15) is 18.0 Å². The maximum Gasteiger partial charge on any atom is 0.323 e. The number of hydrogen-bond acceptors (Lipinski definition) is 4. The zero-order chi connectivity index (χ0) is 14.9. The Hall–Kier alpha value is -2.13. The van der Waals surface area contributed by atoms with Crippen molar-refractivity contribution < 1.29 is 18.3 Å². The molecule has 108 valence electrons. The first-order valence-electron chi connectivity index (χ1n) is 5.74. The third-order valence-electron chi connectivity index (χ3n) is 2.80. The van der Waals surface area contributed by atoms with Crippen molar-refractivity contribution in [3.05, 3.63) is 28.7 Å². The molecule has 0 saturated heterocycles. The Kier molecular flexibility index (Phi) is 3.64. The van der Waals surface area contributed by atoms with E-state index in [-0.39, 0.29) is 11.4 Å². The number of hydrogen-bond donors (Lipinski definition) is 4. The normalized spacial score (nSPS) is 13.4. The molecule has 0 saturated carbocycles. The minimum absolute atomic E-state index is 0.0437. The monoisotopic (exact) mass is 299 g/mol. The van der Waals surface area contributed by atoms with Crippen LogP contribution < -0.4 is 10.4 Å². The summed E-state index contributed by atoms with van der Waals surface area (Å²) in [5.41, 5.74) is 0.430. The fraction of sp³-hybridized carbons (Fsp3) is 0.273. The van der Waals surface area contributed by atoms with Gasteiger partial charge in [0, 0.05) is 6.54 Å². The van der Waals surface area contributed by atoms with Crippen LogP contribution in [0.3, 0.4) is 0 Å². The minimum atomic E-state index is -3.82. The highest BCUT2D eigenvalue weighted by Crippen LogP contribution is 2.15. The summed E-state index contributed by atoms with van der Waals surface area (Å²) in [7, 11) is -3.82. The largest absolute Gasteiger partial charge is 0.481 e. The summed E-state index contributed by atoms with van der Waals surface area (Å²) in [5.74, 6) is -1.92. The lowest BCUT2D eigenvalue weighted by Crippen LogP contribution is -2.31. The molecule has 20 heavy (non-hydrogen) atoms. The number of rotatable bonds is 5. The van der Waals surface area contributed by atoms with Gasteiger partial charge in [-0.3, -0.25) is 4.79 Å². The molecule has 1 unspecified atom stereocenters. The van der Waals surface area contributed by atoms with E-state index in [0.717, 1.165) is 0 Å². The maximum atomic E-state index is 12.0. The molecule has 0 amide bonds. The van der Waals surface area contributed by atoms with Crippen molar-refractivity contribution in [2.24, 2.45) is 5.92 Å². The molecule has 4 N–H and O–H groups in total. The van der Waals surface area contributed by atoms with E-state index in [1.54, 1.807) is 0 Å². The van der Waals surface area contributed by atoms with Crippen LogP contribution in [0, 0.1) is 5.92 Å². The van der Waals surface area contributed by atoms with Gasteiger partial charge in [-0.1, -0.05) is 6.92 Å². The number of aromatic nitrogens is 2. The van der Waals surface area contributed by atoms with Crippen LogP contribution in [0.2, 0.25) is 0 Å². The predicted molar refractivity (Wildman–Crippen MR) is 70.9 cm³/mol. The van der Waals surface area contributed by atoms with Gasteiger partial charge in [0.25, 0.3) is 0 Å². The minimum Gasteiger partial charge on any atom is -0.481 e. The van der Waals surface area contributed by atoms with Crippen LogP contribution in [0.15, 0.2) is 27.9 Å². The van der Waals surface area contributed by atoms with Crippen LogP contribution in [0.25, 0.3) is 11.0 Å². The smallest absolute Gasteiger partial charge is 0.323 e. The Morgan fingerprint density at radius 3 is 2.65 bits per heavy atom. The topological polar surface area (TPSA) is 132 Å². The molecule has 1 atom stereocenters. The van der Waals surface area contributed by atoms with Crippen molar-refractivity contribution in [2.75, 3.05) is 6.54 Å². The van der Waals surface area contributed by atoms with Crippen molar-refractivity contribution in [1.82, 2.24) is 14.7 Å². The van der Waals surface area contributed by atoms with Crippen molar-refractivity contribution in [1.29, 1.82) is 0 Å². The lowest BCUT2D eigenvalue weighted by atomic mass is 10.2. The van der Waals surface area contributed by atoms with Crippen molar-refractivity contribution in [2.45, 2.75) is 11.8 Å². The molecule has 0 radical (unpaired) electrons. The third-order valence-corrected chi connectivity index (χ3v) is 4.22. The lowest BCUT2D eigenvalue weighted by Gasteiger charge is -2.09. The zero-order valence-corrected chi connectivity index (χ0v) is 11.3. The Balaban J connectivity index is 2.27. The van der Waals surface area contributed by atoms with Gasteiger partial charge >= 0.3 is 11.7 Å². The van der Waals surface area contributed by atoms with E-state index in [2.05, 4.69) is 14.7 Å². The average Bonchev–Trinajstić information content (AvgIpc) is 2.74. The molecule has 1 aromatic carbocycles. The molecule has 0 aliphatic carbocycles. The number of carboxylic acid groups (broad SMARTS) is 1. The number of aromatic amines is 2. The fourth-order valence-electron chi connectivity index (χ4n) is 1.58. The maximum absolute atomic E-state index is 12.0. The number of aliphatic carboxylic acids is 1. The number of H-pyrrole nitrogens is 2. The molecule has 0 spiro atoms. The van der Waals surface area contributed by atoms with Crippen molar-refractivity contribution in [3.63, 3.8) is 0 Å². The Bertz CT molecular complexity index is 805. The molecule has 0 bridgehead atoms. The SMILES string of the molecule is CC(CNS(=O)(=O)c1ccc2[nH]c(=O)[nH]c2c1)C(=O)O. The number of carbonyl (C=O) groups is 1. The van der Waals surface area contributed by atoms with Crippen LogP contribution in [0.1, 0.15) is 6.92 Å². The van der Waals surface area contributed by atoms with E-state index in [1.807, 2.05) is 0 Å². The van der Waals surface area contributed by atoms with Crippen LogP contribution in [0.4, 0.5) is 0 Å². The molecule has 9 heteroatoms. The summed E-state index contributed by atoms with van der Waals surface area (Å²) in [6.45, 7) is 1.19. The first-order valence-corrected chi connectivity index (χ1v) is 7.22. The van der Waals surface area contributed by atoms with Crippen LogP contribution in [-0.4, -0.2) is 36.0 Å². The average molecular weight is 299 g/mol. The van der Waals surface area contributed by atoms with E-state index >= 15 is 0 Å². The summed E-state index contributed by atoms with van der Waals surface area (Å²) in [6.07, 6.45) is 0. The van der Waals surface area contributed by atoms with Gasteiger partial charge in [-0.05, 0) is 18.2 Å². The number of sulfonamides is 1. The van der Waals surface area contributed by atoms with Crippen LogP contribution in [0.5, 0.6) is 0 Å². The van der Waals surface area contributed by atoms with Gasteiger partial charge in [-0.2, -0.15) is 0 Å². The van der Waals surface area contributed by atoms with Crippen LogP contribution >= 0.6 is 0 Å². The highest BCUT2D eigenvalue weighted by atomic mass is 32.2. The third kappa shape index (κ3) is 2.89. The van der Waals surface area contributed by atoms with Crippen molar-refractivity contribution in [3.8, 4) is 0 Å². The van der Waals surface area contributed by atoms with E-state index in [4.69, 9.17) is 5.11 Å². The zero-order valence-electron chi connectivity index (χ0n) is 10.5. The summed E-state index contributed by atoms with van der Waals surface area (Å²) >= 11 is 0. The fourth-order valence-corrected chi connectivity index (χ4v) is 2.74. The molecule has 1 aromatic heterocycles. The van der Waals surface area contributed by atoms with Gasteiger partial charge in [0.1, 0.15) is 0 Å². The molecular weight excluding hydrogens is 286 g/mol. The number of fused-ring (bicyclic) bond motifs is 1. The molecule has 8 nitrogen and oxygen atoms in total. The Morgan fingerprint density at radius 2 is 2.00 bits per heavy atom. The van der Waals surface area contributed by atoms with Gasteiger partial charge in [-0.25, -0.2) is 17.9 Å². The molecule has 2 aromatic rings. The predicted octanol–water partition coefficient (Wildman–Crippen LogP) is -0.145. The highest BCUT2D eigenvalue weighted by Gasteiger charge is 2.18. The number of imidazole rings is 1. The molecule has 1 heterocycles. The standard InChI is InChI=1S/C11H13N3O5S/c1-6(10(15)16)5-12-20(18,19)7-2-3-8-9(4-7)14-11(17)13-8/h2-4,6,12H,5H2,1H3,(H,15,16)(H2,13,14,17). The quantitative estimate of drug-likeness (QED) is 0.610. The summed E-state index contributed by atoms with van der Waals surface area (Å²) in [6, 6.07) is 4.10. The van der Waals surface area contributed by atoms with Crippen LogP contribution in [-0.2, 0) is 14.8 Å². The van der Waals surface area contributed by atoms with E-state index in [0.29, 0.717) is 11.0 Å². The number of benzene rings is 1.